The van der Waals surface area contributed by atoms with Gasteiger partial charge in [0.15, 0.2) is 6.10 Å². The van der Waals surface area contributed by atoms with Crippen molar-refractivity contribution in [3.05, 3.63) is 30.1 Å². The third kappa shape index (κ3) is 5.86. The van der Waals surface area contributed by atoms with Crippen LogP contribution in [-0.2, 0) is 4.79 Å². The van der Waals surface area contributed by atoms with Crippen molar-refractivity contribution >= 4 is 18.3 Å². The highest BCUT2D eigenvalue weighted by Crippen LogP contribution is 2.31. The van der Waals surface area contributed by atoms with Crippen molar-refractivity contribution < 1.29 is 13.9 Å². The minimum atomic E-state index is -0.557. The van der Waals surface area contributed by atoms with Crippen LogP contribution in [0.2, 0.25) is 0 Å². The van der Waals surface area contributed by atoms with E-state index in [0.717, 1.165) is 12.8 Å². The Morgan fingerprint density at radius 3 is 2.36 bits per heavy atom. The van der Waals surface area contributed by atoms with E-state index in [-0.39, 0.29) is 29.7 Å². The SMILES string of the molecule is CCC(Oc1ccc(F)cc1)C(=O)NCC1(N(C)C)CCCCC1.Cl. The Bertz CT molecular complexity index is 531. The number of halogens is 2. The Morgan fingerprint density at radius 2 is 1.84 bits per heavy atom. The summed E-state index contributed by atoms with van der Waals surface area (Å²) in [6.45, 7) is 2.55. The lowest BCUT2D eigenvalue weighted by atomic mass is 9.80. The number of carbonyl (C=O) groups excluding carboxylic acids is 1. The maximum absolute atomic E-state index is 13.0. The van der Waals surface area contributed by atoms with E-state index < -0.39 is 6.10 Å². The maximum atomic E-state index is 13.0. The third-order valence-corrected chi connectivity index (χ3v) is 5.08. The van der Waals surface area contributed by atoms with E-state index >= 15 is 0 Å². The Hall–Kier alpha value is -1.33. The van der Waals surface area contributed by atoms with Gasteiger partial charge in [0.05, 0.1) is 0 Å². The summed E-state index contributed by atoms with van der Waals surface area (Å²) in [7, 11) is 4.17. The van der Waals surface area contributed by atoms with Crippen LogP contribution < -0.4 is 10.1 Å². The van der Waals surface area contributed by atoms with Crippen LogP contribution in [0, 0.1) is 5.82 Å². The van der Waals surface area contributed by atoms with Crippen LogP contribution in [-0.4, -0.2) is 43.1 Å². The fourth-order valence-corrected chi connectivity index (χ4v) is 3.36. The predicted octanol–water partition coefficient (Wildman–Crippen LogP) is 3.79. The number of nitrogens with zero attached hydrogens (tertiary/aromatic N) is 1. The molecule has 25 heavy (non-hydrogen) atoms. The van der Waals surface area contributed by atoms with Gasteiger partial charge in [0.1, 0.15) is 11.6 Å². The summed E-state index contributed by atoms with van der Waals surface area (Å²) >= 11 is 0. The first-order chi connectivity index (χ1) is 11.5. The number of nitrogens with one attached hydrogen (secondary N) is 1. The molecule has 1 aliphatic rings. The first kappa shape index (κ1) is 21.7. The van der Waals surface area contributed by atoms with Crippen LogP contribution >= 0.6 is 12.4 Å². The van der Waals surface area contributed by atoms with Crippen molar-refractivity contribution in [3.8, 4) is 5.75 Å². The van der Waals surface area contributed by atoms with Gasteiger partial charge in [0, 0.05) is 12.1 Å². The van der Waals surface area contributed by atoms with Gasteiger partial charge < -0.3 is 15.0 Å². The minimum absolute atomic E-state index is 0. The molecular weight excluding hydrogens is 343 g/mol. The van der Waals surface area contributed by atoms with Gasteiger partial charge in [-0.1, -0.05) is 26.2 Å². The number of amides is 1. The Balaban J connectivity index is 0.00000312. The average molecular weight is 373 g/mol. The zero-order valence-electron chi connectivity index (χ0n) is 15.4. The van der Waals surface area contributed by atoms with E-state index in [1.165, 1.54) is 31.4 Å². The number of hydrogen-bond acceptors (Lipinski definition) is 3. The van der Waals surface area contributed by atoms with Gasteiger partial charge >= 0.3 is 0 Å². The summed E-state index contributed by atoms with van der Waals surface area (Å²) < 4.78 is 18.7. The normalized spacial score (nSPS) is 17.5. The minimum Gasteiger partial charge on any atom is -0.481 e. The summed E-state index contributed by atoms with van der Waals surface area (Å²) in [6, 6.07) is 5.77. The predicted molar refractivity (Wildman–Crippen MR) is 101 cm³/mol. The van der Waals surface area contributed by atoms with Gasteiger partial charge in [-0.15, -0.1) is 12.4 Å². The van der Waals surface area contributed by atoms with Crippen LogP contribution in [0.3, 0.4) is 0 Å². The molecule has 1 aliphatic carbocycles. The zero-order valence-corrected chi connectivity index (χ0v) is 16.2. The molecule has 0 heterocycles. The second kappa shape index (κ2) is 9.97. The number of carbonyl (C=O) groups is 1. The molecule has 0 aliphatic heterocycles. The van der Waals surface area contributed by atoms with Gasteiger partial charge in [-0.25, -0.2) is 4.39 Å². The zero-order chi connectivity index (χ0) is 17.6. The highest BCUT2D eigenvalue weighted by molar-refractivity contribution is 5.85. The van der Waals surface area contributed by atoms with E-state index in [1.54, 1.807) is 12.1 Å². The molecule has 0 saturated heterocycles. The molecule has 0 spiro atoms. The molecule has 0 aromatic heterocycles. The molecule has 1 amide bonds. The highest BCUT2D eigenvalue weighted by atomic mass is 35.5. The quantitative estimate of drug-likeness (QED) is 0.791. The Morgan fingerprint density at radius 1 is 1.24 bits per heavy atom. The topological polar surface area (TPSA) is 41.6 Å². The molecule has 1 unspecified atom stereocenters. The number of hydrogen-bond donors (Lipinski definition) is 1. The standard InChI is InChI=1S/C19H29FN2O2.ClH/c1-4-17(24-16-10-8-15(20)9-11-16)18(23)21-14-19(22(2)3)12-6-5-7-13-19;/h8-11,17H,4-7,12-14H2,1-3H3,(H,21,23);1H. The average Bonchev–Trinajstić information content (AvgIpc) is 2.60. The summed E-state index contributed by atoms with van der Waals surface area (Å²) in [5.41, 5.74) is 0.0437. The molecule has 1 saturated carbocycles. The lowest BCUT2D eigenvalue weighted by Gasteiger charge is -2.43. The molecule has 1 aromatic rings. The lowest BCUT2D eigenvalue weighted by Crippen LogP contribution is -2.55. The Kier molecular flexibility index (Phi) is 8.66. The number of ether oxygens (including phenoxy) is 1. The van der Waals surface area contributed by atoms with Crippen LogP contribution in [0.25, 0.3) is 0 Å². The van der Waals surface area contributed by atoms with E-state index in [0.29, 0.717) is 18.7 Å². The van der Waals surface area contributed by atoms with Gasteiger partial charge in [-0.05, 0) is 57.6 Å². The molecule has 4 nitrogen and oxygen atoms in total. The van der Waals surface area contributed by atoms with E-state index in [4.69, 9.17) is 4.74 Å². The monoisotopic (exact) mass is 372 g/mol. The van der Waals surface area contributed by atoms with Crippen molar-refractivity contribution in [2.75, 3.05) is 20.6 Å². The van der Waals surface area contributed by atoms with E-state index in [1.807, 2.05) is 6.92 Å². The van der Waals surface area contributed by atoms with E-state index in [2.05, 4.69) is 24.3 Å². The smallest absolute Gasteiger partial charge is 0.261 e. The first-order valence-corrected chi connectivity index (χ1v) is 8.84. The van der Waals surface area contributed by atoms with Crippen LogP contribution in [0.5, 0.6) is 5.75 Å². The lowest BCUT2D eigenvalue weighted by molar-refractivity contribution is -0.128. The summed E-state index contributed by atoms with van der Waals surface area (Å²) in [5.74, 6) is 0.0945. The fraction of sp³-hybridized carbons (Fsp3) is 0.632. The van der Waals surface area contributed by atoms with Gasteiger partial charge in [-0.2, -0.15) is 0 Å². The van der Waals surface area contributed by atoms with Crippen molar-refractivity contribution in [1.29, 1.82) is 0 Å². The summed E-state index contributed by atoms with van der Waals surface area (Å²) in [4.78, 5) is 14.8. The summed E-state index contributed by atoms with van der Waals surface area (Å²) in [6.07, 6.45) is 5.91. The number of rotatable bonds is 7. The van der Waals surface area contributed by atoms with E-state index in [9.17, 15) is 9.18 Å². The molecule has 1 atom stereocenters. The summed E-state index contributed by atoms with van der Waals surface area (Å²) in [5, 5.41) is 3.08. The van der Waals surface area contributed by atoms with Gasteiger partial charge in [0.25, 0.3) is 5.91 Å². The maximum Gasteiger partial charge on any atom is 0.261 e. The molecule has 1 fully saturated rings. The molecule has 0 radical (unpaired) electrons. The fourth-order valence-electron chi connectivity index (χ4n) is 3.36. The highest BCUT2D eigenvalue weighted by Gasteiger charge is 2.35. The van der Waals surface area contributed by atoms with Crippen molar-refractivity contribution in [2.24, 2.45) is 0 Å². The van der Waals surface area contributed by atoms with Crippen LogP contribution in [0.1, 0.15) is 45.4 Å². The first-order valence-electron chi connectivity index (χ1n) is 8.84. The molecule has 6 heteroatoms. The molecule has 1 aromatic carbocycles. The van der Waals surface area contributed by atoms with Crippen LogP contribution in [0.4, 0.5) is 4.39 Å². The van der Waals surface area contributed by atoms with Crippen molar-refractivity contribution in [1.82, 2.24) is 10.2 Å². The van der Waals surface area contributed by atoms with Crippen LogP contribution in [0.15, 0.2) is 24.3 Å². The molecule has 2 rings (SSSR count). The molecule has 142 valence electrons. The van der Waals surface area contributed by atoms with Crippen molar-refractivity contribution in [3.63, 3.8) is 0 Å². The number of likely N-dealkylation sites (N-methyl/N-ethyl adjacent to an activating group) is 1. The Labute approximate surface area is 156 Å². The number of benzene rings is 1. The second-order valence-electron chi connectivity index (χ2n) is 6.87. The van der Waals surface area contributed by atoms with Crippen molar-refractivity contribution in [2.45, 2.75) is 57.1 Å². The van der Waals surface area contributed by atoms with Gasteiger partial charge in [0.2, 0.25) is 0 Å². The molecular formula is C19H30ClFN2O2. The largest absolute Gasteiger partial charge is 0.481 e. The second-order valence-corrected chi connectivity index (χ2v) is 6.87. The molecule has 0 bridgehead atoms. The third-order valence-electron chi connectivity index (χ3n) is 5.08. The van der Waals surface area contributed by atoms with Gasteiger partial charge in [-0.3, -0.25) is 4.79 Å². The molecule has 1 N–H and O–H groups in total.